The predicted molar refractivity (Wildman–Crippen MR) is 127 cm³/mol. The van der Waals surface area contributed by atoms with Crippen LogP contribution in [0.3, 0.4) is 0 Å². The van der Waals surface area contributed by atoms with Gasteiger partial charge in [-0.25, -0.2) is 0 Å². The highest BCUT2D eigenvalue weighted by molar-refractivity contribution is 6.52. The highest BCUT2D eigenvalue weighted by Crippen LogP contribution is 2.45. The Morgan fingerprint density at radius 2 is 1.67 bits per heavy atom. The number of aromatic hydroxyl groups is 1. The van der Waals surface area contributed by atoms with Crippen molar-refractivity contribution in [3.63, 3.8) is 0 Å². The van der Waals surface area contributed by atoms with Gasteiger partial charge >= 0.3 is 0 Å². The third kappa shape index (κ3) is 4.13. The van der Waals surface area contributed by atoms with Gasteiger partial charge in [0.25, 0.3) is 11.7 Å². The van der Waals surface area contributed by atoms with Gasteiger partial charge in [0.15, 0.2) is 0 Å². The van der Waals surface area contributed by atoms with Crippen molar-refractivity contribution in [2.45, 2.75) is 6.04 Å². The molecule has 3 aromatic rings. The number of ketones is 1. The van der Waals surface area contributed by atoms with Crippen molar-refractivity contribution in [1.29, 1.82) is 0 Å². The summed E-state index contributed by atoms with van der Waals surface area (Å²) in [5, 5.41) is 21.7. The minimum absolute atomic E-state index is 0.00162. The second-order valence-corrected chi connectivity index (χ2v) is 8.49. The van der Waals surface area contributed by atoms with E-state index in [1.807, 2.05) is 0 Å². The van der Waals surface area contributed by atoms with Gasteiger partial charge in [-0.15, -0.1) is 0 Å². The summed E-state index contributed by atoms with van der Waals surface area (Å²) in [4.78, 5) is 27.6. The van der Waals surface area contributed by atoms with Crippen molar-refractivity contribution in [1.82, 2.24) is 0 Å². The molecule has 0 saturated carbocycles. The molecular formula is C24H16Cl3NO5. The molecular weight excluding hydrogens is 489 g/mol. The SMILES string of the molecule is COc1c(Cl)cc(Cl)cc1/C(O)=C1\C(=O)C(=O)N(c2cccc(Cl)c2)C1c1ccc(O)cc1. The van der Waals surface area contributed by atoms with Crippen LogP contribution in [-0.2, 0) is 9.59 Å². The van der Waals surface area contributed by atoms with Gasteiger partial charge in [0.1, 0.15) is 17.3 Å². The molecule has 3 aromatic carbocycles. The van der Waals surface area contributed by atoms with Crippen molar-refractivity contribution in [3.8, 4) is 11.5 Å². The maximum atomic E-state index is 13.2. The molecule has 168 valence electrons. The number of Topliss-reactive ketones (excluding diaryl/α,β-unsaturated/α-hetero) is 1. The third-order valence-corrected chi connectivity index (χ3v) is 5.94. The molecule has 6 nitrogen and oxygen atoms in total. The number of hydrogen-bond acceptors (Lipinski definition) is 5. The second kappa shape index (κ2) is 8.98. The van der Waals surface area contributed by atoms with E-state index >= 15 is 0 Å². The maximum Gasteiger partial charge on any atom is 0.300 e. The van der Waals surface area contributed by atoms with Crippen LogP contribution in [0.1, 0.15) is 17.2 Å². The fourth-order valence-corrected chi connectivity index (χ4v) is 4.54. The fraction of sp³-hybridized carbons (Fsp3) is 0.0833. The summed E-state index contributed by atoms with van der Waals surface area (Å²) >= 11 is 18.5. The van der Waals surface area contributed by atoms with Crippen LogP contribution in [0.4, 0.5) is 5.69 Å². The molecule has 0 radical (unpaired) electrons. The van der Waals surface area contributed by atoms with Crippen LogP contribution < -0.4 is 9.64 Å². The van der Waals surface area contributed by atoms with Gasteiger partial charge in [-0.3, -0.25) is 14.5 Å². The summed E-state index contributed by atoms with van der Waals surface area (Å²) < 4.78 is 5.31. The number of amides is 1. The van der Waals surface area contributed by atoms with Crippen LogP contribution >= 0.6 is 34.8 Å². The lowest BCUT2D eigenvalue weighted by Crippen LogP contribution is -2.29. The van der Waals surface area contributed by atoms with E-state index < -0.39 is 23.5 Å². The largest absolute Gasteiger partial charge is 0.508 e. The number of phenols is 1. The average molecular weight is 505 g/mol. The first-order valence-electron chi connectivity index (χ1n) is 9.61. The van der Waals surface area contributed by atoms with Gasteiger partial charge in [0.2, 0.25) is 0 Å². The minimum Gasteiger partial charge on any atom is -0.508 e. The molecule has 0 bridgehead atoms. The molecule has 1 atom stereocenters. The summed E-state index contributed by atoms with van der Waals surface area (Å²) in [5.41, 5.74) is 0.698. The lowest BCUT2D eigenvalue weighted by molar-refractivity contribution is -0.132. The van der Waals surface area contributed by atoms with E-state index in [0.29, 0.717) is 16.3 Å². The monoisotopic (exact) mass is 503 g/mol. The number of carbonyl (C=O) groups is 2. The fourth-order valence-electron chi connectivity index (χ4n) is 3.79. The van der Waals surface area contributed by atoms with Crippen LogP contribution in [0.5, 0.6) is 11.5 Å². The molecule has 1 aliphatic rings. The van der Waals surface area contributed by atoms with Gasteiger partial charge in [0, 0.05) is 15.7 Å². The van der Waals surface area contributed by atoms with Gasteiger partial charge in [-0.05, 0) is 48.0 Å². The molecule has 0 aromatic heterocycles. The zero-order valence-electron chi connectivity index (χ0n) is 17.1. The van der Waals surface area contributed by atoms with Crippen molar-refractivity contribution in [3.05, 3.63) is 92.4 Å². The quantitative estimate of drug-likeness (QED) is 0.259. The number of halogens is 3. The zero-order chi connectivity index (χ0) is 23.9. The summed E-state index contributed by atoms with van der Waals surface area (Å²) in [6, 6.07) is 14.2. The van der Waals surface area contributed by atoms with E-state index in [2.05, 4.69) is 0 Å². The number of aliphatic hydroxyl groups excluding tert-OH is 1. The van der Waals surface area contributed by atoms with E-state index in [9.17, 15) is 19.8 Å². The third-order valence-electron chi connectivity index (χ3n) is 5.21. The summed E-state index contributed by atoms with van der Waals surface area (Å²) in [7, 11) is 1.36. The average Bonchev–Trinajstić information content (AvgIpc) is 3.04. The molecule has 0 aliphatic carbocycles. The number of benzene rings is 3. The molecule has 33 heavy (non-hydrogen) atoms. The van der Waals surface area contributed by atoms with Gasteiger partial charge in [-0.1, -0.05) is 53.0 Å². The first-order chi connectivity index (χ1) is 15.7. The van der Waals surface area contributed by atoms with Crippen LogP contribution in [0.2, 0.25) is 15.1 Å². The minimum atomic E-state index is -1.02. The highest BCUT2D eigenvalue weighted by Gasteiger charge is 2.47. The maximum absolute atomic E-state index is 13.2. The van der Waals surface area contributed by atoms with E-state index in [-0.39, 0.29) is 32.7 Å². The summed E-state index contributed by atoms with van der Waals surface area (Å²) in [5.74, 6) is -2.18. The molecule has 1 amide bonds. The topological polar surface area (TPSA) is 87.1 Å². The summed E-state index contributed by atoms with van der Waals surface area (Å²) in [6.45, 7) is 0. The Morgan fingerprint density at radius 3 is 2.30 bits per heavy atom. The van der Waals surface area contributed by atoms with Gasteiger partial charge < -0.3 is 14.9 Å². The zero-order valence-corrected chi connectivity index (χ0v) is 19.3. The second-order valence-electron chi connectivity index (χ2n) is 7.21. The Balaban J connectivity index is 2.01. The van der Waals surface area contributed by atoms with Crippen LogP contribution in [0.25, 0.3) is 5.76 Å². The molecule has 1 heterocycles. The number of methoxy groups -OCH3 is 1. The lowest BCUT2D eigenvalue weighted by Gasteiger charge is -2.25. The number of phenolic OH excluding ortho intramolecular Hbond substituents is 1. The Bertz CT molecular complexity index is 1300. The van der Waals surface area contributed by atoms with Crippen molar-refractivity contribution >= 4 is 57.9 Å². The van der Waals surface area contributed by atoms with E-state index in [0.717, 1.165) is 0 Å². The number of anilines is 1. The van der Waals surface area contributed by atoms with Gasteiger partial charge in [-0.2, -0.15) is 0 Å². The van der Waals surface area contributed by atoms with E-state index in [1.165, 1.54) is 42.3 Å². The number of nitrogens with zero attached hydrogens (tertiary/aromatic N) is 1. The Kier molecular flexibility index (Phi) is 6.26. The molecule has 1 fully saturated rings. The van der Waals surface area contributed by atoms with E-state index in [1.54, 1.807) is 30.3 Å². The van der Waals surface area contributed by atoms with Crippen molar-refractivity contribution in [2.75, 3.05) is 12.0 Å². The van der Waals surface area contributed by atoms with Crippen molar-refractivity contribution in [2.24, 2.45) is 0 Å². The Labute approximate surface area is 204 Å². The van der Waals surface area contributed by atoms with Crippen LogP contribution in [0.15, 0.2) is 66.2 Å². The molecule has 9 heteroatoms. The lowest BCUT2D eigenvalue weighted by atomic mass is 9.94. The molecule has 0 spiro atoms. The Morgan fingerprint density at radius 1 is 0.970 bits per heavy atom. The van der Waals surface area contributed by atoms with Crippen LogP contribution in [0, 0.1) is 0 Å². The number of carbonyl (C=O) groups excluding carboxylic acids is 2. The predicted octanol–water partition coefficient (Wildman–Crippen LogP) is 5.99. The molecule has 1 unspecified atom stereocenters. The molecule has 4 rings (SSSR count). The van der Waals surface area contributed by atoms with E-state index in [4.69, 9.17) is 39.5 Å². The molecule has 2 N–H and O–H groups in total. The number of rotatable bonds is 4. The Hall–Kier alpha value is -3.19. The molecule has 1 saturated heterocycles. The highest BCUT2D eigenvalue weighted by atomic mass is 35.5. The standard InChI is InChI=1S/C24H16Cl3NO5/c1-33-23-17(10-14(26)11-18(23)27)21(30)19-20(12-5-7-16(29)8-6-12)28(24(32)22(19)31)15-4-2-3-13(25)9-15/h2-11,20,29-30H,1H3/b21-19+. The number of hydrogen-bond donors (Lipinski definition) is 2. The van der Waals surface area contributed by atoms with Gasteiger partial charge in [0.05, 0.1) is 29.3 Å². The number of aliphatic hydroxyl groups is 1. The first kappa shape index (κ1) is 23.0. The smallest absolute Gasteiger partial charge is 0.300 e. The van der Waals surface area contributed by atoms with Crippen LogP contribution in [-0.4, -0.2) is 29.0 Å². The molecule has 1 aliphatic heterocycles. The first-order valence-corrected chi connectivity index (χ1v) is 10.7. The van der Waals surface area contributed by atoms with Crippen molar-refractivity contribution < 1.29 is 24.5 Å². The number of ether oxygens (including phenoxy) is 1. The normalized spacial score (nSPS) is 17.5. The summed E-state index contributed by atoms with van der Waals surface area (Å²) in [6.07, 6.45) is 0.